The molecule has 0 fully saturated rings. The van der Waals surface area contributed by atoms with Gasteiger partial charge in [0.2, 0.25) is 0 Å². The second kappa shape index (κ2) is 5.14. The maximum atomic E-state index is 4.55. The molecule has 0 aliphatic rings. The highest BCUT2D eigenvalue weighted by Crippen LogP contribution is 2.25. The van der Waals surface area contributed by atoms with Gasteiger partial charge in [-0.3, -0.25) is 4.98 Å². The second-order valence-electron chi connectivity index (χ2n) is 3.93. The second-order valence-corrected chi connectivity index (χ2v) is 6.26. The van der Waals surface area contributed by atoms with Crippen LogP contribution in [0.4, 0.5) is 5.69 Å². The Morgan fingerprint density at radius 2 is 2.12 bits per heavy atom. The van der Waals surface area contributed by atoms with Crippen molar-refractivity contribution in [1.29, 1.82) is 0 Å². The van der Waals surface area contributed by atoms with Gasteiger partial charge < -0.3 is 5.32 Å². The van der Waals surface area contributed by atoms with Crippen LogP contribution < -0.4 is 5.32 Å². The molecule has 1 atom stereocenters. The molecule has 0 aromatic carbocycles. The normalized spacial score (nSPS) is 12.5. The maximum Gasteiger partial charge on any atom is 0.0901 e. The van der Waals surface area contributed by atoms with Crippen LogP contribution in [0, 0.1) is 13.8 Å². The molecular formula is C12H14BrN3S. The highest BCUT2D eigenvalue weighted by Gasteiger charge is 2.12. The zero-order chi connectivity index (χ0) is 12.4. The summed E-state index contributed by atoms with van der Waals surface area (Å²) < 4.78 is 0.973. The Morgan fingerprint density at radius 3 is 2.71 bits per heavy atom. The van der Waals surface area contributed by atoms with Crippen molar-refractivity contribution in [3.05, 3.63) is 38.5 Å². The lowest BCUT2D eigenvalue weighted by atomic mass is 10.2. The first-order chi connectivity index (χ1) is 8.06. The average molecular weight is 312 g/mol. The molecule has 17 heavy (non-hydrogen) atoms. The number of hydrogen-bond donors (Lipinski definition) is 1. The monoisotopic (exact) mass is 311 g/mol. The summed E-state index contributed by atoms with van der Waals surface area (Å²) in [5.41, 5.74) is 2.12. The van der Waals surface area contributed by atoms with Crippen molar-refractivity contribution >= 4 is 33.0 Å². The van der Waals surface area contributed by atoms with Gasteiger partial charge in [0.05, 0.1) is 28.6 Å². The molecule has 1 unspecified atom stereocenters. The number of hydrogen-bond acceptors (Lipinski definition) is 4. The standard InChI is InChI=1S/C12H14BrN3S/c1-7(12-8(2)17-9(3)16-12)15-11-4-10(13)5-14-6-11/h4-7,15H,1-3H3. The molecule has 0 spiro atoms. The van der Waals surface area contributed by atoms with E-state index in [1.54, 1.807) is 17.5 Å². The molecule has 3 nitrogen and oxygen atoms in total. The summed E-state index contributed by atoms with van der Waals surface area (Å²) in [4.78, 5) is 9.95. The van der Waals surface area contributed by atoms with Gasteiger partial charge in [0, 0.05) is 15.5 Å². The molecule has 0 bridgehead atoms. The topological polar surface area (TPSA) is 37.8 Å². The molecule has 0 saturated carbocycles. The summed E-state index contributed by atoms with van der Waals surface area (Å²) >= 11 is 5.15. The Bertz CT molecular complexity index is 524. The molecule has 5 heteroatoms. The van der Waals surface area contributed by atoms with Crippen molar-refractivity contribution in [2.24, 2.45) is 0 Å². The van der Waals surface area contributed by atoms with Crippen LogP contribution in [-0.2, 0) is 0 Å². The third-order valence-electron chi connectivity index (χ3n) is 2.44. The van der Waals surface area contributed by atoms with E-state index in [1.807, 2.05) is 19.2 Å². The van der Waals surface area contributed by atoms with Gasteiger partial charge in [-0.2, -0.15) is 0 Å². The number of aryl methyl sites for hydroxylation is 2. The van der Waals surface area contributed by atoms with E-state index in [4.69, 9.17) is 0 Å². The van der Waals surface area contributed by atoms with Gasteiger partial charge in [0.1, 0.15) is 0 Å². The van der Waals surface area contributed by atoms with Crippen LogP contribution in [0.1, 0.15) is 28.5 Å². The Hall–Kier alpha value is -0.940. The minimum absolute atomic E-state index is 0.191. The number of halogens is 1. The molecule has 90 valence electrons. The Morgan fingerprint density at radius 1 is 1.35 bits per heavy atom. The van der Waals surface area contributed by atoms with Crippen molar-refractivity contribution in [2.75, 3.05) is 5.32 Å². The lowest BCUT2D eigenvalue weighted by Crippen LogP contribution is -2.08. The van der Waals surface area contributed by atoms with E-state index in [0.29, 0.717) is 0 Å². The molecular weight excluding hydrogens is 298 g/mol. The molecule has 2 aromatic rings. The predicted octanol–water partition coefficient (Wildman–Crippen LogP) is 4.09. The third-order valence-corrected chi connectivity index (χ3v) is 3.77. The van der Waals surface area contributed by atoms with Crippen LogP contribution >= 0.6 is 27.3 Å². The number of nitrogens with zero attached hydrogens (tertiary/aromatic N) is 2. The molecule has 0 radical (unpaired) electrons. The molecule has 0 aliphatic heterocycles. The highest BCUT2D eigenvalue weighted by atomic mass is 79.9. The Labute approximate surface area is 113 Å². The van der Waals surface area contributed by atoms with Crippen molar-refractivity contribution in [3.63, 3.8) is 0 Å². The fourth-order valence-corrected chi connectivity index (χ4v) is 3.03. The van der Waals surface area contributed by atoms with E-state index in [9.17, 15) is 0 Å². The van der Waals surface area contributed by atoms with Crippen molar-refractivity contribution < 1.29 is 0 Å². The quantitative estimate of drug-likeness (QED) is 0.927. The molecule has 1 N–H and O–H groups in total. The van der Waals surface area contributed by atoms with Gasteiger partial charge >= 0.3 is 0 Å². The van der Waals surface area contributed by atoms with E-state index in [-0.39, 0.29) is 6.04 Å². The predicted molar refractivity (Wildman–Crippen MR) is 75.6 cm³/mol. The zero-order valence-electron chi connectivity index (χ0n) is 9.99. The number of nitrogens with one attached hydrogen (secondary N) is 1. The van der Waals surface area contributed by atoms with Crippen LogP contribution in [0.3, 0.4) is 0 Å². The molecule has 2 rings (SSSR count). The summed E-state index contributed by atoms with van der Waals surface area (Å²) in [6.45, 7) is 6.26. The van der Waals surface area contributed by atoms with Crippen LogP contribution in [-0.4, -0.2) is 9.97 Å². The summed E-state index contributed by atoms with van der Waals surface area (Å²) in [6.07, 6.45) is 3.59. The van der Waals surface area contributed by atoms with E-state index in [2.05, 4.69) is 45.1 Å². The lowest BCUT2D eigenvalue weighted by molar-refractivity contribution is 0.835. The van der Waals surface area contributed by atoms with E-state index < -0.39 is 0 Å². The first-order valence-corrected chi connectivity index (χ1v) is 6.98. The van der Waals surface area contributed by atoms with Gasteiger partial charge in [0.15, 0.2) is 0 Å². The number of thiazole rings is 1. The lowest BCUT2D eigenvalue weighted by Gasteiger charge is -2.13. The van der Waals surface area contributed by atoms with Crippen LogP contribution in [0.2, 0.25) is 0 Å². The summed E-state index contributed by atoms with van der Waals surface area (Å²) in [5.74, 6) is 0. The minimum atomic E-state index is 0.191. The molecule has 0 amide bonds. The molecule has 2 aromatic heterocycles. The fraction of sp³-hybridized carbons (Fsp3) is 0.333. The number of anilines is 1. The number of aromatic nitrogens is 2. The van der Waals surface area contributed by atoms with Crippen molar-refractivity contribution in [3.8, 4) is 0 Å². The maximum absolute atomic E-state index is 4.55. The van der Waals surface area contributed by atoms with Crippen molar-refractivity contribution in [1.82, 2.24) is 9.97 Å². The van der Waals surface area contributed by atoms with Gasteiger partial charge in [0.25, 0.3) is 0 Å². The first kappa shape index (κ1) is 12.5. The molecule has 2 heterocycles. The van der Waals surface area contributed by atoms with Crippen LogP contribution in [0.5, 0.6) is 0 Å². The largest absolute Gasteiger partial charge is 0.376 e. The fourth-order valence-electron chi connectivity index (χ4n) is 1.76. The van der Waals surface area contributed by atoms with Crippen LogP contribution in [0.25, 0.3) is 0 Å². The molecule has 0 saturated heterocycles. The summed E-state index contributed by atoms with van der Waals surface area (Å²) in [5, 5.41) is 4.51. The van der Waals surface area contributed by atoms with Crippen molar-refractivity contribution in [2.45, 2.75) is 26.8 Å². The van der Waals surface area contributed by atoms with Gasteiger partial charge in [-0.25, -0.2) is 4.98 Å². The van der Waals surface area contributed by atoms with E-state index >= 15 is 0 Å². The SMILES string of the molecule is Cc1nc(C(C)Nc2cncc(Br)c2)c(C)s1. The summed E-state index contributed by atoms with van der Waals surface area (Å²) in [6, 6.07) is 2.20. The Kier molecular flexibility index (Phi) is 3.79. The highest BCUT2D eigenvalue weighted by molar-refractivity contribution is 9.10. The number of pyridine rings is 1. The van der Waals surface area contributed by atoms with Crippen LogP contribution in [0.15, 0.2) is 22.9 Å². The molecule has 0 aliphatic carbocycles. The summed E-state index contributed by atoms with van der Waals surface area (Å²) in [7, 11) is 0. The zero-order valence-corrected chi connectivity index (χ0v) is 12.4. The smallest absolute Gasteiger partial charge is 0.0901 e. The van der Waals surface area contributed by atoms with Gasteiger partial charge in [-0.05, 0) is 42.8 Å². The first-order valence-electron chi connectivity index (χ1n) is 5.37. The van der Waals surface area contributed by atoms with E-state index in [0.717, 1.165) is 20.9 Å². The Balaban J connectivity index is 2.16. The van der Waals surface area contributed by atoms with Gasteiger partial charge in [-0.15, -0.1) is 11.3 Å². The average Bonchev–Trinajstić information content (AvgIpc) is 2.58. The van der Waals surface area contributed by atoms with E-state index in [1.165, 1.54) is 4.88 Å². The van der Waals surface area contributed by atoms with Gasteiger partial charge in [-0.1, -0.05) is 0 Å². The third kappa shape index (κ3) is 3.04. The minimum Gasteiger partial charge on any atom is -0.376 e. The number of rotatable bonds is 3.